The van der Waals surface area contributed by atoms with Crippen LogP contribution in [0.2, 0.25) is 0 Å². The molecule has 0 aliphatic carbocycles. The lowest BCUT2D eigenvalue weighted by atomic mass is 10.1. The Kier molecular flexibility index (Phi) is 4.29. The molecule has 0 saturated carbocycles. The summed E-state index contributed by atoms with van der Waals surface area (Å²) in [5.74, 6) is 0.817. The second kappa shape index (κ2) is 6.36. The third-order valence-electron chi connectivity index (χ3n) is 3.76. The molecular weight excluding hydrogens is 292 g/mol. The van der Waals surface area contributed by atoms with Gasteiger partial charge in [-0.05, 0) is 37.1 Å². The van der Waals surface area contributed by atoms with Crippen LogP contribution in [0, 0.1) is 6.92 Å². The molecule has 0 fully saturated rings. The van der Waals surface area contributed by atoms with E-state index in [1.807, 2.05) is 43.3 Å². The number of hydrogen-bond donors (Lipinski definition) is 0. The van der Waals surface area contributed by atoms with Gasteiger partial charge in [0.15, 0.2) is 5.16 Å². The highest BCUT2D eigenvalue weighted by atomic mass is 32.2. The maximum absolute atomic E-state index is 12.6. The zero-order valence-electron chi connectivity index (χ0n) is 12.7. The lowest BCUT2D eigenvalue weighted by Gasteiger charge is -2.11. The average molecular weight is 310 g/mol. The van der Waals surface area contributed by atoms with E-state index in [0.717, 1.165) is 16.4 Å². The van der Waals surface area contributed by atoms with Crippen LogP contribution in [0.15, 0.2) is 58.5 Å². The molecular formula is C18H18N2OS. The van der Waals surface area contributed by atoms with Gasteiger partial charge in [0, 0.05) is 12.3 Å². The predicted octanol–water partition coefficient (Wildman–Crippen LogP) is 4.02. The van der Waals surface area contributed by atoms with Crippen molar-refractivity contribution in [2.75, 3.05) is 0 Å². The van der Waals surface area contributed by atoms with Gasteiger partial charge < -0.3 is 0 Å². The Balaban J connectivity index is 2.00. The minimum Gasteiger partial charge on any atom is -0.287 e. The Labute approximate surface area is 134 Å². The third-order valence-corrected chi connectivity index (χ3v) is 4.79. The number of thioether (sulfide) groups is 1. The average Bonchev–Trinajstić information content (AvgIpc) is 2.54. The van der Waals surface area contributed by atoms with Gasteiger partial charge in [-0.25, -0.2) is 4.98 Å². The normalized spacial score (nSPS) is 11.0. The first kappa shape index (κ1) is 14.9. The quantitative estimate of drug-likeness (QED) is 0.539. The molecule has 112 valence electrons. The van der Waals surface area contributed by atoms with Crippen LogP contribution in [0.25, 0.3) is 10.9 Å². The van der Waals surface area contributed by atoms with Crippen molar-refractivity contribution in [1.82, 2.24) is 9.55 Å². The number of benzene rings is 2. The highest BCUT2D eigenvalue weighted by molar-refractivity contribution is 7.98. The molecule has 3 rings (SSSR count). The smallest absolute Gasteiger partial charge is 0.262 e. The Morgan fingerprint density at radius 3 is 2.59 bits per heavy atom. The summed E-state index contributed by atoms with van der Waals surface area (Å²) < 4.78 is 1.76. The van der Waals surface area contributed by atoms with E-state index in [9.17, 15) is 4.79 Å². The van der Waals surface area contributed by atoms with Crippen LogP contribution in [0.1, 0.15) is 18.1 Å². The Bertz CT molecular complexity index is 870. The first-order valence-electron chi connectivity index (χ1n) is 7.37. The number of para-hydroxylation sites is 1. The van der Waals surface area contributed by atoms with E-state index < -0.39 is 0 Å². The van der Waals surface area contributed by atoms with Gasteiger partial charge in [0.1, 0.15) is 0 Å². The van der Waals surface area contributed by atoms with Crippen LogP contribution in [-0.2, 0) is 12.3 Å². The van der Waals surface area contributed by atoms with Crippen molar-refractivity contribution >= 4 is 22.7 Å². The van der Waals surface area contributed by atoms with Gasteiger partial charge in [0.05, 0.1) is 10.9 Å². The summed E-state index contributed by atoms with van der Waals surface area (Å²) in [6, 6.07) is 15.9. The summed E-state index contributed by atoms with van der Waals surface area (Å²) in [5.41, 5.74) is 3.35. The molecule has 4 heteroatoms. The molecule has 0 unspecified atom stereocenters. The summed E-state index contributed by atoms with van der Waals surface area (Å²) in [6.07, 6.45) is 0. The van der Waals surface area contributed by atoms with Crippen LogP contribution >= 0.6 is 11.8 Å². The highest BCUT2D eigenvalue weighted by Crippen LogP contribution is 2.23. The van der Waals surface area contributed by atoms with Gasteiger partial charge in [0.25, 0.3) is 5.56 Å². The Morgan fingerprint density at radius 2 is 1.82 bits per heavy atom. The molecule has 3 nitrogen and oxygen atoms in total. The fourth-order valence-corrected chi connectivity index (χ4v) is 3.59. The number of nitrogens with zero attached hydrogens (tertiary/aromatic N) is 2. The fraction of sp³-hybridized carbons (Fsp3) is 0.222. The van der Waals surface area contributed by atoms with Gasteiger partial charge in [-0.2, -0.15) is 0 Å². The predicted molar refractivity (Wildman–Crippen MR) is 92.4 cm³/mol. The van der Waals surface area contributed by atoms with Crippen molar-refractivity contribution < 1.29 is 0 Å². The summed E-state index contributed by atoms with van der Waals surface area (Å²) in [4.78, 5) is 17.2. The number of rotatable bonds is 4. The van der Waals surface area contributed by atoms with E-state index in [0.29, 0.717) is 11.9 Å². The number of hydrogen-bond acceptors (Lipinski definition) is 3. The van der Waals surface area contributed by atoms with Gasteiger partial charge in [0.2, 0.25) is 0 Å². The van der Waals surface area contributed by atoms with Gasteiger partial charge >= 0.3 is 0 Å². The van der Waals surface area contributed by atoms with E-state index in [1.165, 1.54) is 11.1 Å². The lowest BCUT2D eigenvalue weighted by molar-refractivity contribution is 0.634. The van der Waals surface area contributed by atoms with Crippen LogP contribution in [0.4, 0.5) is 0 Å². The molecule has 0 bridgehead atoms. The fourth-order valence-electron chi connectivity index (χ4n) is 2.45. The lowest BCUT2D eigenvalue weighted by Crippen LogP contribution is -2.22. The Hall–Kier alpha value is -2.07. The summed E-state index contributed by atoms with van der Waals surface area (Å²) >= 11 is 1.62. The van der Waals surface area contributed by atoms with Crippen LogP contribution in [-0.4, -0.2) is 9.55 Å². The summed E-state index contributed by atoms with van der Waals surface area (Å²) in [7, 11) is 0. The maximum atomic E-state index is 12.6. The molecule has 0 N–H and O–H groups in total. The number of aromatic nitrogens is 2. The van der Waals surface area contributed by atoms with Crippen molar-refractivity contribution in [3.63, 3.8) is 0 Å². The van der Waals surface area contributed by atoms with Crippen LogP contribution in [0.3, 0.4) is 0 Å². The minimum absolute atomic E-state index is 0.0420. The van der Waals surface area contributed by atoms with E-state index in [-0.39, 0.29) is 5.56 Å². The molecule has 22 heavy (non-hydrogen) atoms. The molecule has 1 aromatic heterocycles. The highest BCUT2D eigenvalue weighted by Gasteiger charge is 2.10. The second-order valence-corrected chi connectivity index (χ2v) is 6.12. The number of aryl methyl sites for hydroxylation is 1. The standard InChI is InChI=1S/C18H18N2OS/c1-3-20-17(21)15-10-6-7-11-16(15)19-18(20)22-12-14-9-5-4-8-13(14)2/h4-11H,3,12H2,1-2H3. The molecule has 0 amide bonds. The molecule has 3 aromatic rings. The monoisotopic (exact) mass is 310 g/mol. The van der Waals surface area contributed by atoms with Crippen molar-refractivity contribution in [2.24, 2.45) is 0 Å². The topological polar surface area (TPSA) is 34.9 Å². The molecule has 0 spiro atoms. The third kappa shape index (κ3) is 2.79. The van der Waals surface area contributed by atoms with Gasteiger partial charge in [-0.15, -0.1) is 0 Å². The largest absolute Gasteiger partial charge is 0.287 e. The molecule has 0 radical (unpaired) electrons. The molecule has 0 aliphatic rings. The van der Waals surface area contributed by atoms with Crippen molar-refractivity contribution in [2.45, 2.75) is 31.3 Å². The first-order valence-corrected chi connectivity index (χ1v) is 8.36. The maximum Gasteiger partial charge on any atom is 0.262 e. The molecule has 0 atom stereocenters. The van der Waals surface area contributed by atoms with Gasteiger partial charge in [-0.1, -0.05) is 48.2 Å². The summed E-state index contributed by atoms with van der Waals surface area (Å²) in [5, 5.41) is 1.47. The van der Waals surface area contributed by atoms with Crippen molar-refractivity contribution in [3.8, 4) is 0 Å². The molecule has 0 saturated heterocycles. The van der Waals surface area contributed by atoms with E-state index in [1.54, 1.807) is 16.3 Å². The SMILES string of the molecule is CCn1c(SCc2ccccc2C)nc2ccccc2c1=O. The molecule has 2 aromatic carbocycles. The van der Waals surface area contributed by atoms with Crippen LogP contribution in [0.5, 0.6) is 0 Å². The number of fused-ring (bicyclic) bond motifs is 1. The second-order valence-electron chi connectivity index (χ2n) is 5.18. The zero-order chi connectivity index (χ0) is 15.5. The zero-order valence-corrected chi connectivity index (χ0v) is 13.6. The summed E-state index contributed by atoms with van der Waals surface area (Å²) in [6.45, 7) is 4.72. The van der Waals surface area contributed by atoms with Gasteiger partial charge in [-0.3, -0.25) is 9.36 Å². The minimum atomic E-state index is 0.0420. The van der Waals surface area contributed by atoms with E-state index in [2.05, 4.69) is 24.0 Å². The molecule has 0 aliphatic heterocycles. The van der Waals surface area contributed by atoms with Crippen molar-refractivity contribution in [1.29, 1.82) is 0 Å². The Morgan fingerprint density at radius 1 is 1.09 bits per heavy atom. The van der Waals surface area contributed by atoms with Crippen molar-refractivity contribution in [3.05, 3.63) is 70.0 Å². The molecule has 1 heterocycles. The van der Waals surface area contributed by atoms with Crippen LogP contribution < -0.4 is 5.56 Å². The van der Waals surface area contributed by atoms with E-state index >= 15 is 0 Å². The van der Waals surface area contributed by atoms with E-state index in [4.69, 9.17) is 0 Å². The first-order chi connectivity index (χ1) is 10.7.